The molecule has 2 atom stereocenters. The molecule has 0 N–H and O–H groups in total. The molecule has 2 aromatic carbocycles. The van der Waals surface area contributed by atoms with Crippen molar-refractivity contribution in [1.29, 1.82) is 0 Å². The average molecular weight is 725 g/mol. The van der Waals surface area contributed by atoms with E-state index in [-0.39, 0.29) is 0 Å². The van der Waals surface area contributed by atoms with Gasteiger partial charge in [0.1, 0.15) is 0 Å². The van der Waals surface area contributed by atoms with Gasteiger partial charge in [-0.3, -0.25) is 0 Å². The Hall–Kier alpha value is -3.76. The molecule has 0 saturated carbocycles. The van der Waals surface area contributed by atoms with Crippen molar-refractivity contribution in [2.24, 2.45) is 25.9 Å². The standard InChI is InChI=1S/C40H24N2S6/c1-41-31-13-19-12-28-32(42(2)34-18-22(48-40(28)34)16-30-37(45)25-9-5-6-10-26(25)38(30)46)14-20(19)11-27(31)39-33(41)17-21(47-39)15-29-35(43)23-7-3-4-8-24(23)36(29)44/h3-20H,1-2H3. The van der Waals surface area contributed by atoms with Crippen LogP contribution < -0.4 is 21.1 Å². The fourth-order valence-electron chi connectivity index (χ4n) is 7.79. The van der Waals surface area contributed by atoms with Crippen molar-refractivity contribution in [1.82, 2.24) is 9.13 Å². The Morgan fingerprint density at radius 2 is 0.896 bits per heavy atom. The minimum absolute atomic E-state index is 0.292. The Morgan fingerprint density at radius 1 is 0.542 bits per heavy atom. The van der Waals surface area contributed by atoms with E-state index in [9.17, 15) is 0 Å². The Morgan fingerprint density at radius 3 is 1.25 bits per heavy atom. The highest BCUT2D eigenvalue weighted by Crippen LogP contribution is 2.35. The van der Waals surface area contributed by atoms with Crippen molar-refractivity contribution in [2.45, 2.75) is 0 Å². The summed E-state index contributed by atoms with van der Waals surface area (Å²) in [5.74, 6) is 0.583. The van der Waals surface area contributed by atoms with Crippen molar-refractivity contribution in [3.05, 3.63) is 125 Å². The molecule has 4 heterocycles. The van der Waals surface area contributed by atoms with E-state index in [0.29, 0.717) is 11.8 Å². The van der Waals surface area contributed by atoms with Crippen LogP contribution in [0.5, 0.6) is 0 Å². The molecule has 4 aliphatic rings. The van der Waals surface area contributed by atoms with Crippen molar-refractivity contribution in [2.75, 3.05) is 0 Å². The van der Waals surface area contributed by atoms with Crippen molar-refractivity contribution < 1.29 is 0 Å². The van der Waals surface area contributed by atoms with Gasteiger partial charge in [0.05, 0.1) is 39.9 Å². The lowest BCUT2D eigenvalue weighted by Crippen LogP contribution is -2.39. The molecule has 2 unspecified atom stereocenters. The van der Waals surface area contributed by atoms with Gasteiger partial charge in [0.25, 0.3) is 0 Å². The first-order valence-corrected chi connectivity index (χ1v) is 19.0. The van der Waals surface area contributed by atoms with E-state index < -0.39 is 0 Å². The van der Waals surface area contributed by atoms with E-state index in [1.54, 1.807) is 0 Å². The first-order chi connectivity index (χ1) is 23.3. The molecule has 8 heteroatoms. The maximum absolute atomic E-state index is 5.85. The van der Waals surface area contributed by atoms with Gasteiger partial charge in [0.2, 0.25) is 0 Å². The number of thiophene rings is 2. The normalized spacial score (nSPS) is 19.0. The van der Waals surface area contributed by atoms with Gasteiger partial charge in [-0.1, -0.05) is 122 Å². The minimum Gasteiger partial charge on any atom is -0.343 e. The number of fused-ring (bicyclic) bond motifs is 9. The summed E-state index contributed by atoms with van der Waals surface area (Å²) < 4.78 is 7.33. The molecule has 4 aromatic heterocycles. The van der Waals surface area contributed by atoms with Crippen molar-refractivity contribution in [3.8, 4) is 0 Å². The first-order valence-electron chi connectivity index (χ1n) is 15.7. The van der Waals surface area contributed by atoms with Crippen LogP contribution >= 0.6 is 71.5 Å². The van der Waals surface area contributed by atoms with Crippen LogP contribution in [-0.2, 0) is 14.1 Å². The number of benzene rings is 2. The van der Waals surface area contributed by atoms with E-state index in [4.69, 9.17) is 48.9 Å². The van der Waals surface area contributed by atoms with Crippen LogP contribution in [0, 0.1) is 11.8 Å². The van der Waals surface area contributed by atoms with Gasteiger partial charge < -0.3 is 9.13 Å². The maximum atomic E-state index is 5.85. The number of thiocarbonyl (C=S) groups is 4. The molecular formula is C40H24N2S6. The number of aryl methyl sites for hydroxylation is 2. The lowest BCUT2D eigenvalue weighted by Gasteiger charge is -2.21. The van der Waals surface area contributed by atoms with Crippen LogP contribution in [0.15, 0.2) is 71.8 Å². The Balaban J connectivity index is 1.04. The van der Waals surface area contributed by atoms with E-state index in [0.717, 1.165) is 52.9 Å². The third-order valence-corrected chi connectivity index (χ3v) is 14.2. The summed E-state index contributed by atoms with van der Waals surface area (Å²) in [5, 5.41) is 5.23. The quantitative estimate of drug-likeness (QED) is 0.142. The zero-order valence-electron chi connectivity index (χ0n) is 25.7. The fraction of sp³-hybridized carbons (Fsp3) is 0.100. The zero-order chi connectivity index (χ0) is 32.6. The molecule has 4 aliphatic carbocycles. The van der Waals surface area contributed by atoms with Crippen LogP contribution in [0.1, 0.15) is 32.0 Å². The van der Waals surface area contributed by atoms with Crippen LogP contribution in [0.4, 0.5) is 0 Å². The Bertz CT molecular complexity index is 2620. The SMILES string of the molecule is Cn1c2c(c3sc(C=C4C(=S)c5ccccc5C4=S)cc31)=CC1C=c3c(c4sc(C=C5C(=S)c6ccccc6C5=S)cc4n3C)=CC1C=2. The smallest absolute Gasteiger partial charge is 0.0604 e. The molecule has 0 fully saturated rings. The monoisotopic (exact) mass is 724 g/mol. The van der Waals surface area contributed by atoms with E-state index in [1.807, 2.05) is 46.9 Å². The average Bonchev–Trinajstić information content (AvgIpc) is 3.91. The van der Waals surface area contributed by atoms with Crippen LogP contribution in [0.25, 0.3) is 56.9 Å². The Kier molecular flexibility index (Phi) is 6.31. The summed E-state index contributed by atoms with van der Waals surface area (Å²) in [6.45, 7) is 0. The number of allylic oxidation sites excluding steroid dienone is 2. The maximum Gasteiger partial charge on any atom is 0.0604 e. The molecule has 0 bridgehead atoms. The summed E-state index contributed by atoms with van der Waals surface area (Å²) >= 11 is 27.1. The summed E-state index contributed by atoms with van der Waals surface area (Å²) in [7, 11) is 4.37. The number of hydrogen-bond acceptors (Lipinski definition) is 6. The zero-order valence-corrected chi connectivity index (χ0v) is 30.6. The number of aromatic nitrogens is 2. The van der Waals surface area contributed by atoms with E-state index in [1.165, 1.54) is 51.3 Å². The van der Waals surface area contributed by atoms with Gasteiger partial charge in [-0.15, -0.1) is 22.7 Å². The van der Waals surface area contributed by atoms with Crippen LogP contribution in [0.3, 0.4) is 0 Å². The molecule has 0 spiro atoms. The Labute approximate surface area is 305 Å². The van der Waals surface area contributed by atoms with Gasteiger partial charge in [0.15, 0.2) is 0 Å². The summed E-state index contributed by atoms with van der Waals surface area (Å²) in [4.78, 5) is 5.76. The highest BCUT2D eigenvalue weighted by atomic mass is 32.1. The molecule has 0 saturated heterocycles. The number of rotatable bonds is 2. The molecule has 6 aromatic rings. The van der Waals surface area contributed by atoms with Gasteiger partial charge in [-0.25, -0.2) is 0 Å². The highest BCUT2D eigenvalue weighted by Gasteiger charge is 2.29. The number of nitrogens with zero attached hydrogens (tertiary/aromatic N) is 2. The lowest BCUT2D eigenvalue weighted by atomic mass is 9.84. The van der Waals surface area contributed by atoms with Gasteiger partial charge in [-0.05, 0) is 24.3 Å². The van der Waals surface area contributed by atoms with Crippen molar-refractivity contribution in [3.63, 3.8) is 0 Å². The number of hydrogen-bond donors (Lipinski definition) is 0. The third kappa shape index (κ3) is 3.99. The predicted octanol–water partition coefficient (Wildman–Crippen LogP) is 6.94. The summed E-state index contributed by atoms with van der Waals surface area (Å²) in [6, 6.07) is 21.0. The molecular weight excluding hydrogens is 701 g/mol. The van der Waals surface area contributed by atoms with Crippen molar-refractivity contribution >= 4 is 148 Å². The molecule has 48 heavy (non-hydrogen) atoms. The predicted molar refractivity (Wildman–Crippen MR) is 221 cm³/mol. The van der Waals surface area contributed by atoms with E-state index >= 15 is 0 Å². The fourth-order valence-corrected chi connectivity index (χ4v) is 11.6. The largest absolute Gasteiger partial charge is 0.343 e. The molecule has 10 rings (SSSR count). The van der Waals surface area contributed by atoms with Gasteiger partial charge in [-0.2, -0.15) is 0 Å². The van der Waals surface area contributed by atoms with E-state index in [2.05, 4.69) is 96.1 Å². The second-order valence-corrected chi connectivity index (χ2v) is 16.6. The lowest BCUT2D eigenvalue weighted by molar-refractivity contribution is 0.764. The third-order valence-electron chi connectivity index (χ3n) is 10.2. The van der Waals surface area contributed by atoms with Crippen LogP contribution in [-0.4, -0.2) is 28.6 Å². The molecule has 2 nitrogen and oxygen atoms in total. The second-order valence-electron chi connectivity index (χ2n) is 12.8. The van der Waals surface area contributed by atoms with Gasteiger partial charge >= 0.3 is 0 Å². The molecule has 0 amide bonds. The minimum atomic E-state index is 0.292. The molecule has 0 aliphatic heterocycles. The molecule has 0 radical (unpaired) electrons. The summed E-state index contributed by atoms with van der Waals surface area (Å²) in [6.07, 6.45) is 14.3. The highest BCUT2D eigenvalue weighted by molar-refractivity contribution is 7.84. The second kappa shape index (κ2) is 10.4. The molecule has 230 valence electrons. The summed E-state index contributed by atoms with van der Waals surface area (Å²) in [5.41, 5.74) is 8.75. The topological polar surface area (TPSA) is 9.86 Å². The van der Waals surface area contributed by atoms with Gasteiger partial charge in [0, 0.05) is 90.2 Å². The van der Waals surface area contributed by atoms with Crippen LogP contribution in [0.2, 0.25) is 0 Å². The first kappa shape index (κ1) is 29.2.